The third kappa shape index (κ3) is 6.37. The van der Waals surface area contributed by atoms with Gasteiger partial charge in [0.25, 0.3) is 0 Å². The average molecular weight is 284 g/mol. The van der Waals surface area contributed by atoms with E-state index in [1.165, 1.54) is 39.0 Å². The molecular weight excluding hydrogens is 256 g/mol. The number of amides is 1. The van der Waals surface area contributed by atoms with Crippen LogP contribution in [0.2, 0.25) is 0 Å². The molecule has 2 rings (SSSR count). The summed E-state index contributed by atoms with van der Waals surface area (Å²) >= 11 is 0. The summed E-state index contributed by atoms with van der Waals surface area (Å²) in [5.41, 5.74) is 0. The van der Waals surface area contributed by atoms with Gasteiger partial charge in [0.2, 0.25) is 0 Å². The molecule has 1 amide bonds. The average Bonchev–Trinajstić information content (AvgIpc) is 2.47. The topological polar surface area (TPSA) is 49.9 Å². The van der Waals surface area contributed by atoms with Gasteiger partial charge in [-0.25, -0.2) is 4.79 Å². The first-order chi connectivity index (χ1) is 9.67. The van der Waals surface area contributed by atoms with Gasteiger partial charge in [0.1, 0.15) is 6.29 Å². The second-order valence-corrected chi connectivity index (χ2v) is 5.61. The molecule has 0 aromatic carbocycles. The first-order valence-electron chi connectivity index (χ1n) is 7.67. The number of hydrogen-bond donors (Lipinski definition) is 0. The summed E-state index contributed by atoms with van der Waals surface area (Å²) in [5.74, 6) is 0.611. The first-order valence-corrected chi connectivity index (χ1v) is 7.67. The normalized spacial score (nSPS) is 20.8. The summed E-state index contributed by atoms with van der Waals surface area (Å²) in [6, 6.07) is 0. The van der Waals surface area contributed by atoms with Crippen molar-refractivity contribution in [1.29, 1.82) is 0 Å². The molecule has 0 aromatic heterocycles. The number of carbonyl (C=O) groups is 2. The van der Waals surface area contributed by atoms with E-state index in [-0.39, 0.29) is 6.09 Å². The summed E-state index contributed by atoms with van der Waals surface area (Å²) in [7, 11) is 2.09. The van der Waals surface area contributed by atoms with Crippen LogP contribution in [-0.2, 0) is 9.53 Å². The molecule has 1 aliphatic heterocycles. The highest BCUT2D eigenvalue weighted by Crippen LogP contribution is 2.23. The van der Waals surface area contributed by atoms with E-state index in [0.29, 0.717) is 12.5 Å². The zero-order valence-corrected chi connectivity index (χ0v) is 12.8. The van der Waals surface area contributed by atoms with E-state index in [1.54, 1.807) is 0 Å². The Morgan fingerprint density at radius 2 is 1.70 bits per heavy atom. The van der Waals surface area contributed by atoms with E-state index in [4.69, 9.17) is 9.53 Å². The lowest BCUT2D eigenvalue weighted by Gasteiger charge is -2.32. The number of ether oxygens (including phenoxy) is 1. The summed E-state index contributed by atoms with van der Waals surface area (Å²) < 4.78 is 5.42. The summed E-state index contributed by atoms with van der Waals surface area (Å²) in [6.07, 6.45) is 7.06. The van der Waals surface area contributed by atoms with E-state index in [2.05, 4.69) is 11.9 Å². The fourth-order valence-electron chi connectivity index (χ4n) is 2.62. The zero-order chi connectivity index (χ0) is 14.8. The Morgan fingerprint density at radius 3 is 2.25 bits per heavy atom. The SMILES string of the molecule is CC=O.CN1CCN(C(=O)OCC2CCCCC2)CC1. The molecule has 1 aliphatic carbocycles. The minimum atomic E-state index is -0.108. The predicted octanol–water partition coefficient (Wildman–Crippen LogP) is 2.16. The molecule has 0 atom stereocenters. The lowest BCUT2D eigenvalue weighted by Crippen LogP contribution is -2.47. The van der Waals surface area contributed by atoms with Crippen molar-refractivity contribution in [3.8, 4) is 0 Å². The van der Waals surface area contributed by atoms with Crippen LogP contribution >= 0.6 is 0 Å². The van der Waals surface area contributed by atoms with Crippen molar-refractivity contribution in [3.05, 3.63) is 0 Å². The van der Waals surface area contributed by atoms with Gasteiger partial charge >= 0.3 is 6.09 Å². The summed E-state index contributed by atoms with van der Waals surface area (Å²) in [6.45, 7) is 5.60. The van der Waals surface area contributed by atoms with Crippen LogP contribution in [0, 0.1) is 5.92 Å². The molecule has 0 aromatic rings. The molecule has 116 valence electrons. The van der Waals surface area contributed by atoms with E-state index in [1.807, 2.05) is 4.90 Å². The van der Waals surface area contributed by atoms with Crippen molar-refractivity contribution < 1.29 is 14.3 Å². The molecule has 5 nitrogen and oxygen atoms in total. The third-order valence-electron chi connectivity index (χ3n) is 3.93. The molecule has 1 saturated carbocycles. The number of nitrogens with zero attached hydrogens (tertiary/aromatic N) is 2. The summed E-state index contributed by atoms with van der Waals surface area (Å²) in [5, 5.41) is 0. The number of hydrogen-bond acceptors (Lipinski definition) is 4. The molecular formula is C15H28N2O3. The zero-order valence-electron chi connectivity index (χ0n) is 12.8. The smallest absolute Gasteiger partial charge is 0.409 e. The van der Waals surface area contributed by atoms with Crippen LogP contribution < -0.4 is 0 Å². The molecule has 1 saturated heterocycles. The maximum absolute atomic E-state index is 11.8. The minimum absolute atomic E-state index is 0.108. The monoisotopic (exact) mass is 284 g/mol. The molecule has 20 heavy (non-hydrogen) atoms. The van der Waals surface area contributed by atoms with E-state index in [0.717, 1.165) is 32.5 Å². The van der Waals surface area contributed by atoms with Gasteiger partial charge in [-0.15, -0.1) is 0 Å². The molecule has 0 unspecified atom stereocenters. The molecule has 2 fully saturated rings. The van der Waals surface area contributed by atoms with Gasteiger partial charge in [-0.1, -0.05) is 19.3 Å². The predicted molar refractivity (Wildman–Crippen MR) is 78.7 cm³/mol. The van der Waals surface area contributed by atoms with Crippen LogP contribution in [0.25, 0.3) is 0 Å². The largest absolute Gasteiger partial charge is 0.449 e. The van der Waals surface area contributed by atoms with Crippen molar-refractivity contribution in [2.24, 2.45) is 5.92 Å². The van der Waals surface area contributed by atoms with Gasteiger partial charge in [-0.05, 0) is 32.7 Å². The first kappa shape index (κ1) is 17.0. The van der Waals surface area contributed by atoms with Gasteiger partial charge in [-0.3, -0.25) is 0 Å². The highest BCUT2D eigenvalue weighted by molar-refractivity contribution is 5.67. The lowest BCUT2D eigenvalue weighted by molar-refractivity contribution is -0.106. The second kappa shape index (κ2) is 9.75. The molecule has 5 heteroatoms. The summed E-state index contributed by atoms with van der Waals surface area (Å²) in [4.78, 5) is 24.7. The minimum Gasteiger partial charge on any atom is -0.449 e. The van der Waals surface area contributed by atoms with Crippen LogP contribution in [0.4, 0.5) is 4.79 Å². The van der Waals surface area contributed by atoms with Gasteiger partial charge in [0.15, 0.2) is 0 Å². The Labute approximate surface area is 122 Å². The molecule has 2 aliphatic rings. The highest BCUT2D eigenvalue weighted by atomic mass is 16.6. The highest BCUT2D eigenvalue weighted by Gasteiger charge is 2.22. The molecule has 1 heterocycles. The van der Waals surface area contributed by atoms with E-state index >= 15 is 0 Å². The Kier molecular flexibility index (Phi) is 8.26. The van der Waals surface area contributed by atoms with Gasteiger partial charge < -0.3 is 19.3 Å². The Balaban J connectivity index is 0.000000612. The molecule has 0 N–H and O–H groups in total. The Morgan fingerprint density at radius 1 is 1.15 bits per heavy atom. The van der Waals surface area contributed by atoms with Crippen LogP contribution in [0.1, 0.15) is 39.0 Å². The fourth-order valence-corrected chi connectivity index (χ4v) is 2.62. The van der Waals surface area contributed by atoms with Gasteiger partial charge in [0, 0.05) is 26.2 Å². The Bertz CT molecular complexity index is 283. The molecule has 0 radical (unpaired) electrons. The van der Waals surface area contributed by atoms with Crippen molar-refractivity contribution in [1.82, 2.24) is 9.80 Å². The number of rotatable bonds is 2. The number of likely N-dealkylation sites (N-methyl/N-ethyl adjacent to an activating group) is 1. The quantitative estimate of drug-likeness (QED) is 0.729. The third-order valence-corrected chi connectivity index (χ3v) is 3.93. The number of aldehydes is 1. The lowest BCUT2D eigenvalue weighted by atomic mass is 9.90. The van der Waals surface area contributed by atoms with Crippen LogP contribution in [0.3, 0.4) is 0 Å². The maximum atomic E-state index is 11.8. The number of carbonyl (C=O) groups excluding carboxylic acids is 2. The van der Waals surface area contributed by atoms with Crippen molar-refractivity contribution in [2.45, 2.75) is 39.0 Å². The van der Waals surface area contributed by atoms with Crippen LogP contribution in [0.15, 0.2) is 0 Å². The van der Waals surface area contributed by atoms with E-state index < -0.39 is 0 Å². The maximum Gasteiger partial charge on any atom is 0.409 e. The standard InChI is InChI=1S/C13H24N2O2.C2H4O/c1-14-7-9-15(10-8-14)13(16)17-11-12-5-3-2-4-6-12;1-2-3/h12H,2-11H2,1H3;2H,1H3. The van der Waals surface area contributed by atoms with Crippen LogP contribution in [0.5, 0.6) is 0 Å². The van der Waals surface area contributed by atoms with E-state index in [9.17, 15) is 4.79 Å². The van der Waals surface area contributed by atoms with Gasteiger partial charge in [-0.2, -0.15) is 0 Å². The van der Waals surface area contributed by atoms with Crippen molar-refractivity contribution in [2.75, 3.05) is 39.8 Å². The second-order valence-electron chi connectivity index (χ2n) is 5.61. The van der Waals surface area contributed by atoms with Crippen molar-refractivity contribution in [3.63, 3.8) is 0 Å². The van der Waals surface area contributed by atoms with Crippen LogP contribution in [-0.4, -0.2) is 62.0 Å². The van der Waals surface area contributed by atoms with Gasteiger partial charge in [0.05, 0.1) is 6.61 Å². The van der Waals surface area contributed by atoms with Crippen molar-refractivity contribution >= 4 is 12.4 Å². The molecule has 0 spiro atoms. The Hall–Kier alpha value is -1.10. The number of piperazine rings is 1. The molecule has 0 bridgehead atoms. The fraction of sp³-hybridized carbons (Fsp3) is 0.867.